The number of amides is 1. The number of aromatic nitrogens is 3. The standard InChI is InChI=1S/C20H13F3N4O2/c21-13-5-3-12(4-6-13)19-25-20(29-26-19)17-2-1-7-27(17)11-18(28)24-16-9-14(22)8-15(23)10-16/h1-10H,11H2,(H,24,28). The first-order chi connectivity index (χ1) is 14.0. The smallest absolute Gasteiger partial charge is 0.274 e. The van der Waals surface area contributed by atoms with Crippen molar-refractivity contribution < 1.29 is 22.5 Å². The van der Waals surface area contributed by atoms with Crippen LogP contribution in [0, 0.1) is 17.5 Å². The van der Waals surface area contributed by atoms with Crippen molar-refractivity contribution in [1.82, 2.24) is 14.7 Å². The molecule has 9 heteroatoms. The highest BCUT2D eigenvalue weighted by Crippen LogP contribution is 2.23. The van der Waals surface area contributed by atoms with Gasteiger partial charge in [0, 0.05) is 23.5 Å². The Morgan fingerprint density at radius 1 is 1.00 bits per heavy atom. The molecule has 1 amide bonds. The normalized spacial score (nSPS) is 10.9. The summed E-state index contributed by atoms with van der Waals surface area (Å²) in [6.07, 6.45) is 1.63. The number of hydrogen-bond donors (Lipinski definition) is 1. The van der Waals surface area contributed by atoms with E-state index < -0.39 is 17.5 Å². The van der Waals surface area contributed by atoms with E-state index in [9.17, 15) is 18.0 Å². The molecule has 0 unspecified atom stereocenters. The minimum Gasteiger partial charge on any atom is -0.334 e. The molecule has 0 aliphatic carbocycles. The molecule has 0 bridgehead atoms. The van der Waals surface area contributed by atoms with Crippen molar-refractivity contribution in [2.24, 2.45) is 0 Å². The third kappa shape index (κ3) is 4.18. The number of carbonyl (C=O) groups is 1. The molecule has 0 aliphatic rings. The highest BCUT2D eigenvalue weighted by atomic mass is 19.1. The fourth-order valence-corrected chi connectivity index (χ4v) is 2.77. The average molecular weight is 398 g/mol. The first-order valence-corrected chi connectivity index (χ1v) is 8.49. The topological polar surface area (TPSA) is 73.0 Å². The van der Waals surface area contributed by atoms with Crippen molar-refractivity contribution in [2.75, 3.05) is 5.32 Å². The fraction of sp³-hybridized carbons (Fsp3) is 0.0500. The Morgan fingerprint density at radius 3 is 2.45 bits per heavy atom. The van der Waals surface area contributed by atoms with Crippen LogP contribution >= 0.6 is 0 Å². The Labute approximate surface area is 162 Å². The van der Waals surface area contributed by atoms with Gasteiger partial charge in [0.05, 0.1) is 0 Å². The van der Waals surface area contributed by atoms with Crippen molar-refractivity contribution in [3.63, 3.8) is 0 Å². The number of rotatable bonds is 5. The third-order valence-electron chi connectivity index (χ3n) is 4.04. The zero-order chi connectivity index (χ0) is 20.4. The van der Waals surface area contributed by atoms with E-state index in [1.165, 1.54) is 24.3 Å². The van der Waals surface area contributed by atoms with Crippen molar-refractivity contribution in [3.8, 4) is 23.0 Å². The van der Waals surface area contributed by atoms with Crippen LogP contribution in [0.3, 0.4) is 0 Å². The van der Waals surface area contributed by atoms with Gasteiger partial charge < -0.3 is 14.4 Å². The van der Waals surface area contributed by atoms with E-state index in [-0.39, 0.29) is 29.8 Å². The van der Waals surface area contributed by atoms with Crippen molar-refractivity contribution in [3.05, 3.63) is 78.2 Å². The Bertz CT molecular complexity index is 1150. The van der Waals surface area contributed by atoms with Crippen molar-refractivity contribution >= 4 is 11.6 Å². The molecule has 0 atom stereocenters. The van der Waals surface area contributed by atoms with Crippen LogP contribution in [0.2, 0.25) is 0 Å². The number of anilines is 1. The Kier molecular flexibility index (Phi) is 4.86. The van der Waals surface area contributed by atoms with Crippen LogP contribution in [-0.2, 0) is 11.3 Å². The summed E-state index contributed by atoms with van der Waals surface area (Å²) in [6.45, 7) is -0.144. The van der Waals surface area contributed by atoms with Gasteiger partial charge in [-0.1, -0.05) is 5.16 Å². The SMILES string of the molecule is O=C(Cn1cccc1-c1nc(-c2ccc(F)cc2)no1)Nc1cc(F)cc(F)c1. The van der Waals surface area contributed by atoms with Gasteiger partial charge in [-0.25, -0.2) is 13.2 Å². The Morgan fingerprint density at radius 2 is 1.72 bits per heavy atom. The maximum Gasteiger partial charge on any atom is 0.274 e. The van der Waals surface area contributed by atoms with Gasteiger partial charge in [0.15, 0.2) is 0 Å². The highest BCUT2D eigenvalue weighted by molar-refractivity contribution is 5.90. The summed E-state index contributed by atoms with van der Waals surface area (Å²) in [5, 5.41) is 6.31. The number of carbonyl (C=O) groups excluding carboxylic acids is 1. The lowest BCUT2D eigenvalue weighted by molar-refractivity contribution is -0.116. The molecule has 2 heterocycles. The molecular formula is C20H13F3N4O2. The lowest BCUT2D eigenvalue weighted by atomic mass is 10.2. The van der Waals surface area contributed by atoms with Gasteiger partial charge in [0.25, 0.3) is 5.89 Å². The molecule has 0 radical (unpaired) electrons. The fourth-order valence-electron chi connectivity index (χ4n) is 2.77. The molecule has 1 N–H and O–H groups in total. The van der Waals surface area contributed by atoms with E-state index in [0.717, 1.165) is 12.1 Å². The van der Waals surface area contributed by atoms with Crippen LogP contribution < -0.4 is 5.32 Å². The molecule has 2 aromatic heterocycles. The highest BCUT2D eigenvalue weighted by Gasteiger charge is 2.16. The second-order valence-electron chi connectivity index (χ2n) is 6.16. The monoisotopic (exact) mass is 398 g/mol. The lowest BCUT2D eigenvalue weighted by Crippen LogP contribution is -2.19. The molecule has 0 saturated heterocycles. The van der Waals surface area contributed by atoms with Crippen molar-refractivity contribution in [2.45, 2.75) is 6.54 Å². The molecular weight excluding hydrogens is 385 g/mol. The van der Waals surface area contributed by atoms with Gasteiger partial charge in [-0.05, 0) is 48.5 Å². The zero-order valence-electron chi connectivity index (χ0n) is 14.8. The van der Waals surface area contributed by atoms with Gasteiger partial charge in [0.1, 0.15) is 29.7 Å². The van der Waals surface area contributed by atoms with E-state index in [0.29, 0.717) is 17.3 Å². The van der Waals surface area contributed by atoms with E-state index >= 15 is 0 Å². The molecule has 0 fully saturated rings. The first kappa shape index (κ1) is 18.5. The molecule has 0 saturated carbocycles. The summed E-state index contributed by atoms with van der Waals surface area (Å²) in [7, 11) is 0. The number of hydrogen-bond acceptors (Lipinski definition) is 4. The molecule has 2 aromatic carbocycles. The van der Waals surface area contributed by atoms with Crippen LogP contribution in [0.5, 0.6) is 0 Å². The van der Waals surface area contributed by atoms with Gasteiger partial charge in [-0.3, -0.25) is 4.79 Å². The van der Waals surface area contributed by atoms with E-state index in [4.69, 9.17) is 4.52 Å². The second-order valence-corrected chi connectivity index (χ2v) is 6.16. The molecule has 0 spiro atoms. The van der Waals surface area contributed by atoms with Gasteiger partial charge in [0.2, 0.25) is 11.7 Å². The lowest BCUT2D eigenvalue weighted by Gasteiger charge is -2.08. The van der Waals surface area contributed by atoms with E-state index in [1.54, 1.807) is 22.9 Å². The number of nitrogens with zero attached hydrogens (tertiary/aromatic N) is 3. The predicted molar refractivity (Wildman–Crippen MR) is 98.1 cm³/mol. The molecule has 4 rings (SSSR count). The second kappa shape index (κ2) is 7.63. The van der Waals surface area contributed by atoms with E-state index in [2.05, 4.69) is 15.5 Å². The Balaban J connectivity index is 1.51. The van der Waals surface area contributed by atoms with Crippen molar-refractivity contribution in [1.29, 1.82) is 0 Å². The molecule has 29 heavy (non-hydrogen) atoms. The zero-order valence-corrected chi connectivity index (χ0v) is 14.8. The maximum absolute atomic E-state index is 13.3. The number of benzene rings is 2. The minimum absolute atomic E-state index is 0.0117. The Hall–Kier alpha value is -3.88. The summed E-state index contributed by atoms with van der Waals surface area (Å²) in [5.74, 6) is -2.02. The minimum atomic E-state index is -0.791. The molecule has 4 aromatic rings. The molecule has 146 valence electrons. The summed E-state index contributed by atoms with van der Waals surface area (Å²) in [5.41, 5.74) is 1.06. The average Bonchev–Trinajstić information content (AvgIpc) is 3.30. The third-order valence-corrected chi connectivity index (χ3v) is 4.04. The first-order valence-electron chi connectivity index (χ1n) is 8.49. The predicted octanol–water partition coefficient (Wildman–Crippen LogP) is 4.26. The summed E-state index contributed by atoms with van der Waals surface area (Å²) >= 11 is 0. The van der Waals surface area contributed by atoms with Crippen LogP contribution in [0.4, 0.5) is 18.9 Å². The summed E-state index contributed by atoms with van der Waals surface area (Å²) in [6, 6.07) is 11.7. The van der Waals surface area contributed by atoms with Crippen LogP contribution in [0.25, 0.3) is 23.0 Å². The van der Waals surface area contributed by atoms with Gasteiger partial charge in [-0.2, -0.15) is 4.98 Å². The number of nitrogens with one attached hydrogen (secondary N) is 1. The molecule has 6 nitrogen and oxygen atoms in total. The molecule has 0 aliphatic heterocycles. The quantitative estimate of drug-likeness (QED) is 0.545. The van der Waals surface area contributed by atoms with E-state index in [1.807, 2.05) is 0 Å². The maximum atomic E-state index is 13.3. The van der Waals surface area contributed by atoms with Crippen LogP contribution in [0.15, 0.2) is 65.3 Å². The van der Waals surface area contributed by atoms with Gasteiger partial charge in [-0.15, -0.1) is 0 Å². The van der Waals surface area contributed by atoms with Crippen LogP contribution in [-0.4, -0.2) is 20.6 Å². The summed E-state index contributed by atoms with van der Waals surface area (Å²) < 4.78 is 46.4. The van der Waals surface area contributed by atoms with Crippen LogP contribution in [0.1, 0.15) is 0 Å². The largest absolute Gasteiger partial charge is 0.334 e. The summed E-state index contributed by atoms with van der Waals surface area (Å²) in [4.78, 5) is 16.5. The number of halogens is 3. The van der Waals surface area contributed by atoms with Gasteiger partial charge >= 0.3 is 0 Å².